The van der Waals surface area contributed by atoms with Gasteiger partial charge in [0.25, 0.3) is 0 Å². The van der Waals surface area contributed by atoms with Gasteiger partial charge in [0.05, 0.1) is 0 Å². The predicted octanol–water partition coefficient (Wildman–Crippen LogP) is 3.78. The van der Waals surface area contributed by atoms with Gasteiger partial charge in [0, 0.05) is 36.8 Å². The first-order valence-corrected chi connectivity index (χ1v) is 9.67. The van der Waals surface area contributed by atoms with Crippen LogP contribution in [0, 0.1) is 0 Å². The van der Waals surface area contributed by atoms with E-state index in [0.29, 0.717) is 6.04 Å². The third-order valence-electron chi connectivity index (χ3n) is 5.48. The lowest BCUT2D eigenvalue weighted by Gasteiger charge is -2.57. The van der Waals surface area contributed by atoms with E-state index in [2.05, 4.69) is 92.4 Å². The van der Waals surface area contributed by atoms with Crippen LogP contribution in [0.1, 0.15) is 59.9 Å². The van der Waals surface area contributed by atoms with E-state index < -0.39 is 0 Å². The maximum absolute atomic E-state index is 4.59. The average molecular weight is 345 g/mol. The summed E-state index contributed by atoms with van der Waals surface area (Å²) >= 11 is 0. The topological polar surface area (TPSA) is 39.7 Å². The van der Waals surface area contributed by atoms with E-state index in [4.69, 9.17) is 0 Å². The summed E-state index contributed by atoms with van der Waals surface area (Å²) in [5.74, 6) is 0.933. The third-order valence-corrected chi connectivity index (χ3v) is 5.48. The van der Waals surface area contributed by atoms with Crippen molar-refractivity contribution in [3.8, 4) is 0 Å². The highest BCUT2D eigenvalue weighted by atomic mass is 15.3. The largest absolute Gasteiger partial charge is 0.357 e. The Morgan fingerprint density at radius 3 is 2.44 bits per heavy atom. The van der Waals surface area contributed by atoms with Crippen molar-refractivity contribution in [1.82, 2.24) is 15.5 Å². The van der Waals surface area contributed by atoms with Crippen LogP contribution in [-0.4, -0.2) is 41.1 Å². The second kappa shape index (κ2) is 8.22. The minimum Gasteiger partial charge on any atom is -0.357 e. The summed E-state index contributed by atoms with van der Waals surface area (Å²) in [6.45, 7) is 16.3. The number of nitrogens with one attached hydrogen (secondary N) is 2. The van der Waals surface area contributed by atoms with Crippen LogP contribution in [0.2, 0.25) is 0 Å². The SMILES string of the molecule is CCN=C(NCC)NC1CCC(C)(C)N(Cc2ccccc2)C1(C)C. The Morgan fingerprint density at radius 1 is 1.16 bits per heavy atom. The number of rotatable bonds is 5. The van der Waals surface area contributed by atoms with Gasteiger partial charge in [-0.1, -0.05) is 30.3 Å². The molecule has 0 aromatic heterocycles. The molecule has 140 valence electrons. The Balaban J connectivity index is 2.23. The van der Waals surface area contributed by atoms with Gasteiger partial charge >= 0.3 is 0 Å². The maximum Gasteiger partial charge on any atom is 0.191 e. The third kappa shape index (κ3) is 4.75. The zero-order valence-corrected chi connectivity index (χ0v) is 16.9. The first kappa shape index (κ1) is 19.8. The lowest BCUT2D eigenvalue weighted by atomic mass is 9.76. The van der Waals surface area contributed by atoms with Gasteiger partial charge in [-0.15, -0.1) is 0 Å². The van der Waals surface area contributed by atoms with Crippen LogP contribution < -0.4 is 10.6 Å². The number of hydrogen-bond acceptors (Lipinski definition) is 2. The van der Waals surface area contributed by atoms with Gasteiger partial charge in [-0.2, -0.15) is 0 Å². The number of benzene rings is 1. The summed E-state index contributed by atoms with van der Waals surface area (Å²) in [4.78, 5) is 7.25. The molecule has 1 unspecified atom stereocenters. The normalized spacial score (nSPS) is 23.3. The molecule has 2 rings (SSSR count). The van der Waals surface area contributed by atoms with Crippen LogP contribution in [-0.2, 0) is 6.54 Å². The van der Waals surface area contributed by atoms with Crippen LogP contribution in [0.15, 0.2) is 35.3 Å². The molecular formula is C21H36N4. The van der Waals surface area contributed by atoms with E-state index in [1.807, 2.05) is 0 Å². The predicted molar refractivity (Wildman–Crippen MR) is 108 cm³/mol. The van der Waals surface area contributed by atoms with E-state index in [-0.39, 0.29) is 11.1 Å². The number of hydrogen-bond donors (Lipinski definition) is 2. The molecule has 1 aliphatic rings. The molecule has 0 saturated carbocycles. The quantitative estimate of drug-likeness (QED) is 0.631. The Bertz CT molecular complexity index is 563. The molecule has 1 saturated heterocycles. The monoisotopic (exact) mass is 344 g/mol. The molecule has 1 aliphatic heterocycles. The fourth-order valence-electron chi connectivity index (χ4n) is 4.03. The Labute approximate surface area is 154 Å². The molecule has 0 spiro atoms. The molecule has 0 aliphatic carbocycles. The van der Waals surface area contributed by atoms with Crippen molar-refractivity contribution < 1.29 is 0 Å². The number of nitrogens with zero attached hydrogens (tertiary/aromatic N) is 2. The van der Waals surface area contributed by atoms with Gasteiger partial charge in [-0.3, -0.25) is 9.89 Å². The second-order valence-corrected chi connectivity index (χ2v) is 8.13. The van der Waals surface area contributed by atoms with Crippen molar-refractivity contribution in [2.75, 3.05) is 13.1 Å². The second-order valence-electron chi connectivity index (χ2n) is 8.13. The Kier molecular flexibility index (Phi) is 6.50. The van der Waals surface area contributed by atoms with E-state index in [0.717, 1.165) is 32.0 Å². The molecule has 1 heterocycles. The summed E-state index contributed by atoms with van der Waals surface area (Å²) in [6, 6.07) is 11.2. The van der Waals surface area contributed by atoms with Crippen LogP contribution in [0.4, 0.5) is 0 Å². The summed E-state index contributed by atoms with van der Waals surface area (Å²) in [5.41, 5.74) is 1.58. The first-order chi connectivity index (χ1) is 11.8. The Morgan fingerprint density at radius 2 is 1.84 bits per heavy atom. The molecule has 0 radical (unpaired) electrons. The van der Waals surface area contributed by atoms with E-state index in [9.17, 15) is 0 Å². The number of likely N-dealkylation sites (tertiary alicyclic amines) is 1. The maximum atomic E-state index is 4.59. The molecule has 1 atom stereocenters. The van der Waals surface area contributed by atoms with Gasteiger partial charge in [0.15, 0.2) is 5.96 Å². The van der Waals surface area contributed by atoms with Gasteiger partial charge < -0.3 is 10.6 Å². The zero-order valence-electron chi connectivity index (χ0n) is 16.9. The van der Waals surface area contributed by atoms with Crippen LogP contribution in [0.25, 0.3) is 0 Å². The minimum atomic E-state index is 0.0293. The van der Waals surface area contributed by atoms with E-state index in [1.54, 1.807) is 0 Å². The zero-order chi connectivity index (χ0) is 18.5. The lowest BCUT2D eigenvalue weighted by Crippen LogP contribution is -2.68. The lowest BCUT2D eigenvalue weighted by molar-refractivity contribution is -0.0515. The fraction of sp³-hybridized carbons (Fsp3) is 0.667. The van der Waals surface area contributed by atoms with Crippen molar-refractivity contribution >= 4 is 5.96 Å². The summed E-state index contributed by atoms with van der Waals surface area (Å²) in [5, 5.41) is 7.07. The number of piperidine rings is 1. The minimum absolute atomic E-state index is 0.0293. The number of aliphatic imine (C=N–C) groups is 1. The molecule has 1 aromatic carbocycles. The van der Waals surface area contributed by atoms with Gasteiger partial charge in [-0.25, -0.2) is 0 Å². The fourth-order valence-corrected chi connectivity index (χ4v) is 4.03. The highest BCUT2D eigenvalue weighted by Crippen LogP contribution is 2.39. The summed E-state index contributed by atoms with van der Waals surface area (Å²) in [7, 11) is 0. The van der Waals surface area contributed by atoms with Crippen LogP contribution in [0.3, 0.4) is 0 Å². The van der Waals surface area contributed by atoms with Crippen molar-refractivity contribution in [2.45, 2.75) is 78.0 Å². The molecule has 25 heavy (non-hydrogen) atoms. The molecule has 1 aromatic rings. The smallest absolute Gasteiger partial charge is 0.191 e. The summed E-state index contributed by atoms with van der Waals surface area (Å²) in [6.07, 6.45) is 2.33. The molecule has 4 nitrogen and oxygen atoms in total. The van der Waals surface area contributed by atoms with Gasteiger partial charge in [0.1, 0.15) is 0 Å². The summed E-state index contributed by atoms with van der Waals surface area (Å²) < 4.78 is 0. The molecule has 2 N–H and O–H groups in total. The van der Waals surface area contributed by atoms with E-state index >= 15 is 0 Å². The molecule has 0 bridgehead atoms. The molecule has 4 heteroatoms. The Hall–Kier alpha value is -1.55. The van der Waals surface area contributed by atoms with Crippen molar-refractivity contribution in [3.05, 3.63) is 35.9 Å². The highest BCUT2D eigenvalue weighted by molar-refractivity contribution is 5.80. The van der Waals surface area contributed by atoms with Crippen molar-refractivity contribution in [2.24, 2.45) is 4.99 Å². The van der Waals surface area contributed by atoms with Crippen molar-refractivity contribution in [1.29, 1.82) is 0 Å². The van der Waals surface area contributed by atoms with Crippen LogP contribution >= 0.6 is 0 Å². The van der Waals surface area contributed by atoms with Crippen molar-refractivity contribution in [3.63, 3.8) is 0 Å². The number of guanidine groups is 1. The molecule has 0 amide bonds. The standard InChI is InChI=1S/C21H36N4/c1-7-22-19(23-8-2)24-18-14-15-20(3,4)25(21(18,5)6)16-17-12-10-9-11-13-17/h9-13,18H,7-8,14-16H2,1-6H3,(H2,22,23,24). The van der Waals surface area contributed by atoms with Crippen LogP contribution in [0.5, 0.6) is 0 Å². The van der Waals surface area contributed by atoms with Gasteiger partial charge in [0.2, 0.25) is 0 Å². The average Bonchev–Trinajstić information content (AvgIpc) is 2.56. The highest BCUT2D eigenvalue weighted by Gasteiger charge is 2.47. The molecule has 1 fully saturated rings. The van der Waals surface area contributed by atoms with Gasteiger partial charge in [-0.05, 0) is 59.9 Å². The van der Waals surface area contributed by atoms with E-state index in [1.165, 1.54) is 12.0 Å². The molecular weight excluding hydrogens is 308 g/mol. The first-order valence-electron chi connectivity index (χ1n) is 9.67.